The Balaban J connectivity index is 2.56. The second-order valence-corrected chi connectivity index (χ2v) is 5.09. The van der Waals surface area contributed by atoms with Gasteiger partial charge in [-0.25, -0.2) is 0 Å². The minimum Gasteiger partial charge on any atom is -0.504 e. The summed E-state index contributed by atoms with van der Waals surface area (Å²) in [7, 11) is 0. The topological polar surface area (TPSA) is 69.6 Å². The molecule has 1 unspecified atom stereocenters. The Morgan fingerprint density at radius 1 is 1.44 bits per heavy atom. The molecule has 0 spiro atoms. The summed E-state index contributed by atoms with van der Waals surface area (Å²) in [6, 6.07) is 3.99. The Morgan fingerprint density at radius 3 is 2.69 bits per heavy atom. The Morgan fingerprint density at radius 2 is 2.12 bits per heavy atom. The number of hydrogen-bond donors (Lipinski definition) is 3. The number of halogens is 1. The Labute approximate surface area is 102 Å². The van der Waals surface area contributed by atoms with E-state index in [0.29, 0.717) is 16.9 Å². The van der Waals surface area contributed by atoms with E-state index >= 15 is 0 Å². The molecular formula is C11H14BrNO3. The summed E-state index contributed by atoms with van der Waals surface area (Å²) in [6.45, 7) is 2.56. The number of phenolic OH excluding ortho intramolecular Hbond substituents is 2. The first kappa shape index (κ1) is 12.8. The van der Waals surface area contributed by atoms with Gasteiger partial charge in [0.1, 0.15) is 0 Å². The molecule has 16 heavy (non-hydrogen) atoms. The van der Waals surface area contributed by atoms with E-state index in [9.17, 15) is 9.90 Å². The lowest BCUT2D eigenvalue weighted by Crippen LogP contribution is -2.25. The molecule has 0 saturated carbocycles. The first-order chi connectivity index (χ1) is 7.50. The van der Waals surface area contributed by atoms with Crippen molar-refractivity contribution in [3.63, 3.8) is 0 Å². The fourth-order valence-electron chi connectivity index (χ4n) is 1.15. The standard InChI is InChI=1S/C11H14BrNO3/c1-7(12)4-5-13-11(16)8-2-3-9(14)10(15)6-8/h2-3,6-7,14-15H,4-5H2,1H3,(H,13,16). The minimum atomic E-state index is -0.290. The van der Waals surface area contributed by atoms with Crippen molar-refractivity contribution < 1.29 is 15.0 Å². The normalized spacial score (nSPS) is 12.1. The minimum absolute atomic E-state index is 0.231. The molecule has 1 atom stereocenters. The van der Waals surface area contributed by atoms with Crippen LogP contribution in [0.25, 0.3) is 0 Å². The highest BCUT2D eigenvalue weighted by atomic mass is 79.9. The average Bonchev–Trinajstić information content (AvgIpc) is 2.21. The van der Waals surface area contributed by atoms with Gasteiger partial charge in [0.25, 0.3) is 5.91 Å². The van der Waals surface area contributed by atoms with Crippen molar-refractivity contribution in [1.29, 1.82) is 0 Å². The monoisotopic (exact) mass is 287 g/mol. The first-order valence-corrected chi connectivity index (χ1v) is 5.86. The van der Waals surface area contributed by atoms with Gasteiger partial charge in [-0.15, -0.1) is 0 Å². The predicted octanol–water partition coefficient (Wildman–Crippen LogP) is 2.00. The van der Waals surface area contributed by atoms with E-state index in [1.807, 2.05) is 6.92 Å². The number of alkyl halides is 1. The van der Waals surface area contributed by atoms with Gasteiger partial charge in [0.2, 0.25) is 0 Å². The van der Waals surface area contributed by atoms with Crippen molar-refractivity contribution in [3.05, 3.63) is 23.8 Å². The van der Waals surface area contributed by atoms with Crippen LogP contribution in [0.15, 0.2) is 18.2 Å². The maximum Gasteiger partial charge on any atom is 0.251 e. The molecule has 0 bridgehead atoms. The molecule has 0 aliphatic heterocycles. The maximum atomic E-state index is 11.6. The predicted molar refractivity (Wildman–Crippen MR) is 65.1 cm³/mol. The van der Waals surface area contributed by atoms with E-state index in [-0.39, 0.29) is 17.4 Å². The second kappa shape index (κ2) is 5.75. The molecule has 88 valence electrons. The van der Waals surface area contributed by atoms with Gasteiger partial charge in [0.15, 0.2) is 11.5 Å². The number of phenols is 2. The van der Waals surface area contributed by atoms with E-state index in [1.165, 1.54) is 18.2 Å². The van der Waals surface area contributed by atoms with Crippen molar-refractivity contribution in [3.8, 4) is 11.5 Å². The highest BCUT2D eigenvalue weighted by molar-refractivity contribution is 9.09. The molecule has 1 aromatic rings. The number of carbonyl (C=O) groups excluding carboxylic acids is 1. The van der Waals surface area contributed by atoms with Crippen LogP contribution in [-0.2, 0) is 0 Å². The van der Waals surface area contributed by atoms with Gasteiger partial charge in [0.05, 0.1) is 0 Å². The quantitative estimate of drug-likeness (QED) is 0.586. The lowest BCUT2D eigenvalue weighted by atomic mass is 10.2. The summed E-state index contributed by atoms with van der Waals surface area (Å²) in [4.78, 5) is 11.9. The number of carbonyl (C=O) groups is 1. The summed E-state index contributed by atoms with van der Waals surface area (Å²) in [5.41, 5.74) is 0.331. The molecule has 0 aliphatic carbocycles. The zero-order valence-corrected chi connectivity index (χ0v) is 10.5. The van der Waals surface area contributed by atoms with Crippen molar-refractivity contribution >= 4 is 21.8 Å². The van der Waals surface area contributed by atoms with Crippen LogP contribution in [0.2, 0.25) is 0 Å². The number of nitrogens with one attached hydrogen (secondary N) is 1. The van der Waals surface area contributed by atoms with E-state index in [2.05, 4.69) is 21.2 Å². The fourth-order valence-corrected chi connectivity index (χ4v) is 1.38. The van der Waals surface area contributed by atoms with E-state index in [4.69, 9.17) is 5.11 Å². The number of aromatic hydroxyl groups is 2. The van der Waals surface area contributed by atoms with Crippen LogP contribution in [0.5, 0.6) is 11.5 Å². The van der Waals surface area contributed by atoms with Crippen molar-refractivity contribution in [2.45, 2.75) is 18.2 Å². The summed E-state index contributed by atoms with van der Waals surface area (Å²) in [5.74, 6) is -0.782. The van der Waals surface area contributed by atoms with Crippen LogP contribution in [0, 0.1) is 0 Å². The first-order valence-electron chi connectivity index (χ1n) is 4.95. The average molecular weight is 288 g/mol. The van der Waals surface area contributed by atoms with E-state index < -0.39 is 0 Å². The molecule has 0 radical (unpaired) electrons. The second-order valence-electron chi connectivity index (χ2n) is 3.53. The summed E-state index contributed by atoms with van der Waals surface area (Å²) in [6.07, 6.45) is 0.829. The van der Waals surface area contributed by atoms with Crippen molar-refractivity contribution in [1.82, 2.24) is 5.32 Å². The van der Waals surface area contributed by atoms with E-state index in [0.717, 1.165) is 6.42 Å². The fraction of sp³-hybridized carbons (Fsp3) is 0.364. The van der Waals surface area contributed by atoms with Gasteiger partial charge >= 0.3 is 0 Å². The van der Waals surface area contributed by atoms with Crippen LogP contribution >= 0.6 is 15.9 Å². The summed E-state index contributed by atoms with van der Waals surface area (Å²) < 4.78 is 0. The summed E-state index contributed by atoms with van der Waals surface area (Å²) in [5, 5.41) is 21.0. The van der Waals surface area contributed by atoms with Crippen molar-refractivity contribution in [2.24, 2.45) is 0 Å². The molecule has 1 amide bonds. The molecule has 5 heteroatoms. The third kappa shape index (κ3) is 3.73. The van der Waals surface area contributed by atoms with Crippen molar-refractivity contribution in [2.75, 3.05) is 6.54 Å². The van der Waals surface area contributed by atoms with Crippen LogP contribution in [-0.4, -0.2) is 27.5 Å². The highest BCUT2D eigenvalue weighted by Crippen LogP contribution is 2.24. The molecule has 0 saturated heterocycles. The number of amides is 1. The largest absolute Gasteiger partial charge is 0.504 e. The molecule has 1 aromatic carbocycles. The molecule has 0 aliphatic rings. The zero-order valence-electron chi connectivity index (χ0n) is 8.90. The van der Waals surface area contributed by atoms with Crippen LogP contribution in [0.3, 0.4) is 0 Å². The van der Waals surface area contributed by atoms with E-state index in [1.54, 1.807) is 0 Å². The Bertz CT molecular complexity index is 379. The SMILES string of the molecule is CC(Br)CCNC(=O)c1ccc(O)c(O)c1. The van der Waals surface area contributed by atoms with Gasteiger partial charge in [0, 0.05) is 16.9 Å². The molecule has 0 aromatic heterocycles. The third-order valence-electron chi connectivity index (χ3n) is 2.07. The summed E-state index contributed by atoms with van der Waals surface area (Å²) >= 11 is 3.38. The van der Waals surface area contributed by atoms with Gasteiger partial charge in [-0.05, 0) is 24.6 Å². The van der Waals surface area contributed by atoms with Gasteiger partial charge < -0.3 is 15.5 Å². The van der Waals surface area contributed by atoms with Crippen LogP contribution in [0.1, 0.15) is 23.7 Å². The number of benzene rings is 1. The Kier molecular flexibility index (Phi) is 4.61. The van der Waals surface area contributed by atoms with Gasteiger partial charge in [-0.1, -0.05) is 22.9 Å². The highest BCUT2D eigenvalue weighted by Gasteiger charge is 2.08. The number of rotatable bonds is 4. The Hall–Kier alpha value is -1.23. The maximum absolute atomic E-state index is 11.6. The molecule has 1 rings (SSSR count). The van der Waals surface area contributed by atoms with Crippen LogP contribution < -0.4 is 5.32 Å². The third-order valence-corrected chi connectivity index (χ3v) is 2.52. The molecule has 0 fully saturated rings. The van der Waals surface area contributed by atoms with Gasteiger partial charge in [-0.3, -0.25) is 4.79 Å². The molecule has 0 heterocycles. The molecule has 4 nitrogen and oxygen atoms in total. The smallest absolute Gasteiger partial charge is 0.251 e. The zero-order chi connectivity index (χ0) is 12.1. The van der Waals surface area contributed by atoms with Crippen LogP contribution in [0.4, 0.5) is 0 Å². The molecule has 3 N–H and O–H groups in total. The van der Waals surface area contributed by atoms with Gasteiger partial charge in [-0.2, -0.15) is 0 Å². The molecular weight excluding hydrogens is 274 g/mol. The lowest BCUT2D eigenvalue weighted by Gasteiger charge is -2.07. The number of hydrogen-bond acceptors (Lipinski definition) is 3. The lowest BCUT2D eigenvalue weighted by molar-refractivity contribution is 0.0953.